The largest absolute Gasteiger partial charge is 0.455 e. The van der Waals surface area contributed by atoms with Crippen LogP contribution in [0.1, 0.15) is 34.7 Å². The summed E-state index contributed by atoms with van der Waals surface area (Å²) in [6.07, 6.45) is 3.00. The van der Waals surface area contributed by atoms with Crippen LogP contribution in [0.2, 0.25) is 0 Å². The lowest BCUT2D eigenvalue weighted by molar-refractivity contribution is 0.0702. The van der Waals surface area contributed by atoms with Gasteiger partial charge in [0.25, 0.3) is 5.91 Å². The second kappa shape index (κ2) is 6.14. The van der Waals surface area contributed by atoms with Crippen molar-refractivity contribution in [2.45, 2.75) is 31.8 Å². The molecule has 0 saturated carbocycles. The summed E-state index contributed by atoms with van der Waals surface area (Å²) in [4.78, 5) is 14.5. The molecule has 1 unspecified atom stereocenters. The van der Waals surface area contributed by atoms with E-state index < -0.39 is 0 Å². The van der Waals surface area contributed by atoms with Crippen LogP contribution in [0.15, 0.2) is 46.9 Å². The van der Waals surface area contributed by atoms with E-state index in [1.165, 1.54) is 5.56 Å². The molecule has 2 aromatic rings. The number of nitrogens with zero attached hydrogens (tertiary/aromatic N) is 1. The molecule has 0 bridgehead atoms. The van der Waals surface area contributed by atoms with Gasteiger partial charge in [0.2, 0.25) is 0 Å². The first-order valence-electron chi connectivity index (χ1n) is 7.41. The maximum absolute atomic E-state index is 12.6. The summed E-state index contributed by atoms with van der Waals surface area (Å²) >= 11 is 0. The van der Waals surface area contributed by atoms with Crippen LogP contribution in [0.25, 0.3) is 0 Å². The van der Waals surface area contributed by atoms with E-state index in [1.807, 2.05) is 23.1 Å². The van der Waals surface area contributed by atoms with Gasteiger partial charge in [-0.1, -0.05) is 30.3 Å². The quantitative estimate of drug-likeness (QED) is 0.938. The Labute approximate surface area is 124 Å². The predicted octanol–water partition coefficient (Wildman–Crippen LogP) is 2.59. The molecular weight excluding hydrogens is 264 g/mol. The average molecular weight is 284 g/mol. The van der Waals surface area contributed by atoms with Crippen molar-refractivity contribution >= 4 is 5.91 Å². The van der Waals surface area contributed by atoms with Gasteiger partial charge in [0, 0.05) is 12.6 Å². The van der Waals surface area contributed by atoms with Crippen molar-refractivity contribution in [2.24, 2.45) is 5.73 Å². The summed E-state index contributed by atoms with van der Waals surface area (Å²) in [5.41, 5.74) is 6.80. The SMILES string of the molecule is NCc1ccc(C(=O)N2CCCC2Cc2ccccc2)o1. The first-order chi connectivity index (χ1) is 10.3. The summed E-state index contributed by atoms with van der Waals surface area (Å²) in [7, 11) is 0. The number of nitrogens with two attached hydrogens (primary N) is 1. The summed E-state index contributed by atoms with van der Waals surface area (Å²) in [6.45, 7) is 1.12. The monoisotopic (exact) mass is 284 g/mol. The Hall–Kier alpha value is -2.07. The minimum Gasteiger partial charge on any atom is -0.455 e. The Morgan fingerprint density at radius 3 is 2.76 bits per heavy atom. The zero-order chi connectivity index (χ0) is 14.7. The van der Waals surface area contributed by atoms with E-state index in [9.17, 15) is 4.79 Å². The van der Waals surface area contributed by atoms with Crippen LogP contribution in [-0.2, 0) is 13.0 Å². The Morgan fingerprint density at radius 1 is 1.24 bits per heavy atom. The highest BCUT2D eigenvalue weighted by Crippen LogP contribution is 2.24. The third-order valence-corrected chi connectivity index (χ3v) is 4.03. The molecule has 0 radical (unpaired) electrons. The van der Waals surface area contributed by atoms with Crippen LogP contribution in [0.4, 0.5) is 0 Å². The van der Waals surface area contributed by atoms with Crippen molar-refractivity contribution in [1.29, 1.82) is 0 Å². The van der Waals surface area contributed by atoms with Crippen molar-refractivity contribution in [2.75, 3.05) is 6.54 Å². The van der Waals surface area contributed by atoms with Gasteiger partial charge in [0.1, 0.15) is 5.76 Å². The Kier molecular flexibility index (Phi) is 4.06. The van der Waals surface area contributed by atoms with Gasteiger partial charge in [0.05, 0.1) is 6.54 Å². The van der Waals surface area contributed by atoms with Crippen molar-refractivity contribution in [3.8, 4) is 0 Å². The second-order valence-electron chi connectivity index (χ2n) is 5.45. The molecule has 1 saturated heterocycles. The van der Waals surface area contributed by atoms with Gasteiger partial charge in [-0.3, -0.25) is 4.79 Å². The highest BCUT2D eigenvalue weighted by atomic mass is 16.4. The molecule has 0 spiro atoms. The summed E-state index contributed by atoms with van der Waals surface area (Å²) < 4.78 is 5.49. The minimum atomic E-state index is -0.0202. The zero-order valence-corrected chi connectivity index (χ0v) is 12.0. The maximum Gasteiger partial charge on any atom is 0.289 e. The lowest BCUT2D eigenvalue weighted by Crippen LogP contribution is -2.36. The summed E-state index contributed by atoms with van der Waals surface area (Å²) in [5, 5.41) is 0. The van der Waals surface area contributed by atoms with Gasteiger partial charge in [-0.25, -0.2) is 0 Å². The highest BCUT2D eigenvalue weighted by Gasteiger charge is 2.30. The number of likely N-dealkylation sites (tertiary alicyclic amines) is 1. The molecule has 1 amide bonds. The van der Waals surface area contributed by atoms with Crippen LogP contribution in [0, 0.1) is 0 Å². The van der Waals surface area contributed by atoms with Crippen molar-refractivity contribution in [3.05, 3.63) is 59.5 Å². The van der Waals surface area contributed by atoms with Crippen molar-refractivity contribution in [3.63, 3.8) is 0 Å². The summed E-state index contributed by atoms with van der Waals surface area (Å²) in [5.74, 6) is 1.03. The molecule has 3 rings (SSSR count). The number of carbonyl (C=O) groups is 1. The number of hydrogen-bond acceptors (Lipinski definition) is 3. The minimum absolute atomic E-state index is 0.0202. The molecule has 0 aliphatic carbocycles. The zero-order valence-electron chi connectivity index (χ0n) is 12.0. The lowest BCUT2D eigenvalue weighted by atomic mass is 10.0. The van der Waals surface area contributed by atoms with E-state index in [-0.39, 0.29) is 11.9 Å². The van der Waals surface area contributed by atoms with E-state index in [2.05, 4.69) is 12.1 Å². The van der Waals surface area contributed by atoms with Gasteiger partial charge >= 0.3 is 0 Å². The molecular formula is C17H20N2O2. The Bertz CT molecular complexity index is 606. The van der Waals surface area contributed by atoms with E-state index in [0.717, 1.165) is 25.8 Å². The number of hydrogen-bond donors (Lipinski definition) is 1. The molecule has 1 aromatic heterocycles. The van der Waals surface area contributed by atoms with Crippen LogP contribution in [0.5, 0.6) is 0 Å². The molecule has 1 atom stereocenters. The predicted molar refractivity (Wildman–Crippen MR) is 80.8 cm³/mol. The topological polar surface area (TPSA) is 59.5 Å². The van der Waals surface area contributed by atoms with E-state index >= 15 is 0 Å². The molecule has 21 heavy (non-hydrogen) atoms. The van der Waals surface area contributed by atoms with Crippen molar-refractivity contribution < 1.29 is 9.21 Å². The van der Waals surface area contributed by atoms with Crippen LogP contribution < -0.4 is 5.73 Å². The molecule has 110 valence electrons. The Balaban J connectivity index is 1.72. The fourth-order valence-electron chi connectivity index (χ4n) is 2.95. The first kappa shape index (κ1) is 13.9. The number of benzene rings is 1. The lowest BCUT2D eigenvalue weighted by Gasteiger charge is -2.24. The third-order valence-electron chi connectivity index (χ3n) is 4.03. The van der Waals surface area contributed by atoms with E-state index in [4.69, 9.17) is 10.2 Å². The molecule has 1 aliphatic heterocycles. The van der Waals surface area contributed by atoms with E-state index in [0.29, 0.717) is 18.1 Å². The number of furan rings is 1. The average Bonchev–Trinajstić information content (AvgIpc) is 3.16. The fourth-order valence-corrected chi connectivity index (χ4v) is 2.95. The first-order valence-corrected chi connectivity index (χ1v) is 7.41. The molecule has 4 nitrogen and oxygen atoms in total. The second-order valence-corrected chi connectivity index (χ2v) is 5.45. The number of rotatable bonds is 4. The van der Waals surface area contributed by atoms with Gasteiger partial charge in [-0.15, -0.1) is 0 Å². The van der Waals surface area contributed by atoms with Crippen LogP contribution in [-0.4, -0.2) is 23.4 Å². The molecule has 1 fully saturated rings. The normalized spacial score (nSPS) is 18.1. The maximum atomic E-state index is 12.6. The van der Waals surface area contributed by atoms with Crippen molar-refractivity contribution in [1.82, 2.24) is 4.90 Å². The van der Waals surface area contributed by atoms with Crippen LogP contribution in [0.3, 0.4) is 0 Å². The molecule has 1 aromatic carbocycles. The van der Waals surface area contributed by atoms with E-state index in [1.54, 1.807) is 12.1 Å². The van der Waals surface area contributed by atoms with Gasteiger partial charge in [-0.05, 0) is 37.0 Å². The van der Waals surface area contributed by atoms with Gasteiger partial charge < -0.3 is 15.1 Å². The summed E-state index contributed by atoms with van der Waals surface area (Å²) in [6, 6.07) is 14.1. The van der Waals surface area contributed by atoms with Gasteiger partial charge in [-0.2, -0.15) is 0 Å². The Morgan fingerprint density at radius 2 is 2.05 bits per heavy atom. The molecule has 2 N–H and O–H groups in total. The standard InChI is InChI=1S/C17H20N2O2/c18-12-15-8-9-16(21-15)17(20)19-10-4-7-14(19)11-13-5-2-1-3-6-13/h1-3,5-6,8-9,14H,4,7,10-12,18H2. The molecule has 2 heterocycles. The highest BCUT2D eigenvalue weighted by molar-refractivity contribution is 5.92. The van der Waals surface area contributed by atoms with Gasteiger partial charge in [0.15, 0.2) is 5.76 Å². The van der Waals surface area contributed by atoms with Crippen LogP contribution >= 0.6 is 0 Å². The number of carbonyl (C=O) groups excluding carboxylic acids is 1. The number of amides is 1. The third kappa shape index (κ3) is 3.00. The molecule has 4 heteroatoms. The smallest absolute Gasteiger partial charge is 0.289 e. The fraction of sp³-hybridized carbons (Fsp3) is 0.353. The molecule has 1 aliphatic rings.